The Labute approximate surface area is 80.0 Å². The van der Waals surface area contributed by atoms with Crippen molar-refractivity contribution in [3.05, 3.63) is 0 Å². The Morgan fingerprint density at radius 1 is 1.62 bits per heavy atom. The Balaban J connectivity index is 1.67. The average molecular weight is 181 g/mol. The SMILES string of the molecule is CC1CN=C(NCC(C)C2CC2)N1. The van der Waals surface area contributed by atoms with Crippen LogP contribution < -0.4 is 10.6 Å². The summed E-state index contributed by atoms with van der Waals surface area (Å²) in [6.45, 7) is 6.47. The van der Waals surface area contributed by atoms with Gasteiger partial charge >= 0.3 is 0 Å². The Kier molecular flexibility index (Phi) is 2.42. The number of nitrogens with one attached hydrogen (secondary N) is 2. The molecule has 0 aromatic heterocycles. The number of hydrogen-bond acceptors (Lipinski definition) is 3. The molecule has 1 aliphatic heterocycles. The monoisotopic (exact) mass is 181 g/mol. The smallest absolute Gasteiger partial charge is 0.191 e. The maximum Gasteiger partial charge on any atom is 0.191 e. The second kappa shape index (κ2) is 3.56. The van der Waals surface area contributed by atoms with Crippen LogP contribution in [0.4, 0.5) is 0 Å². The number of rotatable bonds is 3. The van der Waals surface area contributed by atoms with Crippen LogP contribution in [0.5, 0.6) is 0 Å². The van der Waals surface area contributed by atoms with Crippen LogP contribution >= 0.6 is 0 Å². The third-order valence-corrected chi connectivity index (χ3v) is 2.92. The van der Waals surface area contributed by atoms with Gasteiger partial charge in [-0.15, -0.1) is 0 Å². The number of aliphatic imine (C=N–C) groups is 1. The molecule has 0 bridgehead atoms. The van der Waals surface area contributed by atoms with E-state index in [-0.39, 0.29) is 0 Å². The van der Waals surface area contributed by atoms with Gasteiger partial charge in [0.1, 0.15) is 0 Å². The Morgan fingerprint density at radius 3 is 2.92 bits per heavy atom. The number of nitrogens with zero attached hydrogens (tertiary/aromatic N) is 1. The maximum absolute atomic E-state index is 4.36. The van der Waals surface area contributed by atoms with E-state index in [0.717, 1.165) is 30.9 Å². The van der Waals surface area contributed by atoms with Crippen molar-refractivity contribution in [3.8, 4) is 0 Å². The van der Waals surface area contributed by atoms with E-state index in [4.69, 9.17) is 0 Å². The van der Waals surface area contributed by atoms with E-state index in [1.165, 1.54) is 12.8 Å². The van der Waals surface area contributed by atoms with E-state index in [0.29, 0.717) is 6.04 Å². The van der Waals surface area contributed by atoms with Crippen molar-refractivity contribution in [1.82, 2.24) is 10.6 Å². The van der Waals surface area contributed by atoms with E-state index in [1.807, 2.05) is 0 Å². The van der Waals surface area contributed by atoms with Gasteiger partial charge in [-0.1, -0.05) is 6.92 Å². The molecule has 2 N–H and O–H groups in total. The molecular formula is C10H19N3. The second-order valence-electron chi connectivity index (χ2n) is 4.43. The fraction of sp³-hybridized carbons (Fsp3) is 0.900. The van der Waals surface area contributed by atoms with Gasteiger partial charge in [-0.05, 0) is 31.6 Å². The molecule has 2 aliphatic rings. The molecule has 0 saturated heterocycles. The molecule has 0 amide bonds. The Hall–Kier alpha value is -0.730. The van der Waals surface area contributed by atoms with Crippen molar-refractivity contribution < 1.29 is 0 Å². The highest BCUT2D eigenvalue weighted by Gasteiger charge is 2.27. The molecule has 3 nitrogen and oxygen atoms in total. The lowest BCUT2D eigenvalue weighted by Gasteiger charge is -2.13. The molecule has 74 valence electrons. The molecule has 0 spiro atoms. The topological polar surface area (TPSA) is 36.4 Å². The molecule has 0 aromatic rings. The van der Waals surface area contributed by atoms with E-state index in [9.17, 15) is 0 Å². The molecule has 1 saturated carbocycles. The first-order valence-electron chi connectivity index (χ1n) is 5.30. The van der Waals surface area contributed by atoms with Gasteiger partial charge in [0, 0.05) is 12.6 Å². The zero-order valence-electron chi connectivity index (χ0n) is 8.51. The molecule has 3 heteroatoms. The van der Waals surface area contributed by atoms with Crippen LogP contribution in [0.1, 0.15) is 26.7 Å². The summed E-state index contributed by atoms with van der Waals surface area (Å²) >= 11 is 0. The summed E-state index contributed by atoms with van der Waals surface area (Å²) in [7, 11) is 0. The highest BCUT2D eigenvalue weighted by atomic mass is 15.2. The summed E-state index contributed by atoms with van der Waals surface area (Å²) in [6.07, 6.45) is 2.86. The zero-order chi connectivity index (χ0) is 9.26. The van der Waals surface area contributed by atoms with Crippen LogP contribution in [0.3, 0.4) is 0 Å². The molecule has 0 radical (unpaired) electrons. The highest BCUT2D eigenvalue weighted by Crippen LogP contribution is 2.35. The van der Waals surface area contributed by atoms with Gasteiger partial charge in [0.15, 0.2) is 5.96 Å². The van der Waals surface area contributed by atoms with Crippen molar-refractivity contribution in [2.75, 3.05) is 13.1 Å². The highest BCUT2D eigenvalue weighted by molar-refractivity contribution is 5.81. The van der Waals surface area contributed by atoms with Crippen LogP contribution in [0.25, 0.3) is 0 Å². The number of hydrogen-bond donors (Lipinski definition) is 2. The lowest BCUT2D eigenvalue weighted by Crippen LogP contribution is -2.39. The lowest BCUT2D eigenvalue weighted by molar-refractivity contribution is 0.497. The summed E-state index contributed by atoms with van der Waals surface area (Å²) in [6, 6.07) is 0.513. The standard InChI is InChI=1S/C10H19N3/c1-7(9-3-4-9)5-11-10-12-6-8(2)13-10/h7-9H,3-6H2,1-2H3,(H2,11,12,13). The second-order valence-corrected chi connectivity index (χ2v) is 4.43. The largest absolute Gasteiger partial charge is 0.356 e. The fourth-order valence-corrected chi connectivity index (χ4v) is 1.75. The van der Waals surface area contributed by atoms with Crippen molar-refractivity contribution in [3.63, 3.8) is 0 Å². The molecule has 2 unspecified atom stereocenters. The van der Waals surface area contributed by atoms with Crippen LogP contribution in [0.15, 0.2) is 4.99 Å². The summed E-state index contributed by atoms with van der Waals surface area (Å²) in [5.41, 5.74) is 0. The molecular weight excluding hydrogens is 162 g/mol. The van der Waals surface area contributed by atoms with Gasteiger partial charge in [-0.3, -0.25) is 4.99 Å². The van der Waals surface area contributed by atoms with E-state index >= 15 is 0 Å². The van der Waals surface area contributed by atoms with Crippen molar-refractivity contribution in [1.29, 1.82) is 0 Å². The van der Waals surface area contributed by atoms with Gasteiger partial charge in [-0.25, -0.2) is 0 Å². The predicted octanol–water partition coefficient (Wildman–Crippen LogP) is 0.970. The van der Waals surface area contributed by atoms with Crippen LogP contribution in [-0.4, -0.2) is 25.1 Å². The summed E-state index contributed by atoms with van der Waals surface area (Å²) in [4.78, 5) is 4.36. The predicted molar refractivity (Wildman–Crippen MR) is 54.8 cm³/mol. The molecule has 1 fully saturated rings. The zero-order valence-corrected chi connectivity index (χ0v) is 8.51. The Morgan fingerprint density at radius 2 is 2.38 bits per heavy atom. The average Bonchev–Trinajstić information content (AvgIpc) is 2.87. The summed E-state index contributed by atoms with van der Waals surface area (Å²) < 4.78 is 0. The van der Waals surface area contributed by atoms with Crippen molar-refractivity contribution >= 4 is 5.96 Å². The molecule has 2 rings (SSSR count). The van der Waals surface area contributed by atoms with Gasteiger partial charge in [0.05, 0.1) is 6.54 Å². The van der Waals surface area contributed by atoms with Crippen molar-refractivity contribution in [2.45, 2.75) is 32.7 Å². The van der Waals surface area contributed by atoms with Crippen LogP contribution in [0.2, 0.25) is 0 Å². The Bertz CT molecular complexity index is 208. The third kappa shape index (κ3) is 2.36. The summed E-state index contributed by atoms with van der Waals surface area (Å²) in [5.74, 6) is 2.78. The van der Waals surface area contributed by atoms with Gasteiger partial charge in [0.25, 0.3) is 0 Å². The van der Waals surface area contributed by atoms with Gasteiger partial charge in [0.2, 0.25) is 0 Å². The third-order valence-electron chi connectivity index (χ3n) is 2.92. The minimum atomic E-state index is 0.513. The molecule has 0 aromatic carbocycles. The normalized spacial score (nSPS) is 29.4. The minimum Gasteiger partial charge on any atom is -0.356 e. The van der Waals surface area contributed by atoms with Crippen LogP contribution in [-0.2, 0) is 0 Å². The van der Waals surface area contributed by atoms with Gasteiger partial charge < -0.3 is 10.6 Å². The van der Waals surface area contributed by atoms with Crippen molar-refractivity contribution in [2.24, 2.45) is 16.8 Å². The van der Waals surface area contributed by atoms with E-state index in [2.05, 4.69) is 29.5 Å². The quantitative estimate of drug-likeness (QED) is 0.680. The fourth-order valence-electron chi connectivity index (χ4n) is 1.75. The minimum absolute atomic E-state index is 0.513. The maximum atomic E-state index is 4.36. The first-order valence-corrected chi connectivity index (χ1v) is 5.30. The van der Waals surface area contributed by atoms with Gasteiger partial charge in [-0.2, -0.15) is 0 Å². The molecule has 2 atom stereocenters. The molecule has 1 heterocycles. The lowest BCUT2D eigenvalue weighted by atomic mass is 10.1. The molecule has 1 aliphatic carbocycles. The summed E-state index contributed by atoms with van der Waals surface area (Å²) in [5, 5.41) is 6.68. The molecule has 13 heavy (non-hydrogen) atoms. The first-order chi connectivity index (χ1) is 6.25. The number of guanidine groups is 1. The van der Waals surface area contributed by atoms with Crippen LogP contribution in [0, 0.1) is 11.8 Å². The van der Waals surface area contributed by atoms with E-state index < -0.39 is 0 Å². The first kappa shape index (κ1) is 8.85. The van der Waals surface area contributed by atoms with E-state index in [1.54, 1.807) is 0 Å².